The van der Waals surface area contributed by atoms with E-state index in [9.17, 15) is 9.59 Å². The average Bonchev–Trinajstić information content (AvgIpc) is 2.73. The van der Waals surface area contributed by atoms with Crippen molar-refractivity contribution in [3.8, 4) is 0 Å². The van der Waals surface area contributed by atoms with Crippen molar-refractivity contribution in [1.82, 2.24) is 5.32 Å². The van der Waals surface area contributed by atoms with Gasteiger partial charge in [-0.15, -0.1) is 11.3 Å². The summed E-state index contributed by atoms with van der Waals surface area (Å²) in [7, 11) is 0. The highest BCUT2D eigenvalue weighted by atomic mass is 32.1. The van der Waals surface area contributed by atoms with Crippen molar-refractivity contribution < 1.29 is 19.8 Å². The summed E-state index contributed by atoms with van der Waals surface area (Å²) in [6.45, 7) is 0.728. The molecule has 0 radical (unpaired) electrons. The van der Waals surface area contributed by atoms with Gasteiger partial charge in [-0.2, -0.15) is 0 Å². The third-order valence-electron chi connectivity index (χ3n) is 1.91. The first-order valence-corrected chi connectivity index (χ1v) is 5.78. The maximum Gasteiger partial charge on any atom is 0.261 e. The van der Waals surface area contributed by atoms with E-state index in [1.807, 2.05) is 0 Å². The zero-order valence-corrected chi connectivity index (χ0v) is 10.1. The number of carbonyl (C=O) groups excluding carboxylic acids is 2. The van der Waals surface area contributed by atoms with E-state index in [-0.39, 0.29) is 25.0 Å². The summed E-state index contributed by atoms with van der Waals surface area (Å²) in [5, 5.41) is 23.2. The Labute approximate surface area is 102 Å². The second-order valence-electron chi connectivity index (χ2n) is 3.38. The Morgan fingerprint density at radius 3 is 2.53 bits per heavy atom. The number of thiophene rings is 1. The van der Waals surface area contributed by atoms with E-state index in [2.05, 4.69) is 10.6 Å². The second kappa shape index (κ2) is 6.33. The van der Waals surface area contributed by atoms with Crippen molar-refractivity contribution in [2.45, 2.75) is 13.0 Å². The van der Waals surface area contributed by atoms with Crippen LogP contribution in [0.15, 0.2) is 12.1 Å². The van der Waals surface area contributed by atoms with Crippen LogP contribution in [0.5, 0.6) is 0 Å². The van der Waals surface area contributed by atoms with Crippen molar-refractivity contribution in [3.05, 3.63) is 17.0 Å². The summed E-state index contributed by atoms with van der Waals surface area (Å²) in [5.74, 6) is -0.595. The molecule has 0 atom stereocenters. The lowest BCUT2D eigenvalue weighted by Crippen LogP contribution is -2.39. The molecule has 2 amide bonds. The van der Waals surface area contributed by atoms with Crippen LogP contribution < -0.4 is 10.6 Å². The maximum atomic E-state index is 11.6. The van der Waals surface area contributed by atoms with E-state index < -0.39 is 6.04 Å². The number of carbonyl (C=O) groups is 2. The predicted molar refractivity (Wildman–Crippen MR) is 64.0 cm³/mol. The van der Waals surface area contributed by atoms with E-state index in [4.69, 9.17) is 10.2 Å². The van der Waals surface area contributed by atoms with Crippen LogP contribution in [0.1, 0.15) is 16.6 Å². The standard InChI is InChI=1S/C10H14N2O4S/c1-6(15)11-9-3-2-8(17-9)10(16)12-7(4-13)5-14/h2-3,7,13-14H,4-5H2,1H3,(H,11,15)(H,12,16). The van der Waals surface area contributed by atoms with Crippen molar-refractivity contribution in [2.75, 3.05) is 18.5 Å². The molecule has 7 heteroatoms. The summed E-state index contributed by atoms with van der Waals surface area (Å²) in [4.78, 5) is 22.8. The van der Waals surface area contributed by atoms with Gasteiger partial charge in [-0.3, -0.25) is 9.59 Å². The van der Waals surface area contributed by atoms with Crippen molar-refractivity contribution in [1.29, 1.82) is 0 Å². The fourth-order valence-corrected chi connectivity index (χ4v) is 1.96. The van der Waals surface area contributed by atoms with Gasteiger partial charge in [0, 0.05) is 6.92 Å². The van der Waals surface area contributed by atoms with E-state index in [1.165, 1.54) is 6.92 Å². The molecule has 0 aliphatic heterocycles. The van der Waals surface area contributed by atoms with Crippen molar-refractivity contribution in [2.24, 2.45) is 0 Å². The number of nitrogens with one attached hydrogen (secondary N) is 2. The molecule has 0 saturated heterocycles. The van der Waals surface area contributed by atoms with Gasteiger partial charge in [-0.25, -0.2) is 0 Å². The lowest BCUT2D eigenvalue weighted by atomic mass is 10.3. The van der Waals surface area contributed by atoms with Gasteiger partial charge >= 0.3 is 0 Å². The molecule has 0 fully saturated rings. The SMILES string of the molecule is CC(=O)Nc1ccc(C(=O)NC(CO)CO)s1. The normalized spacial score (nSPS) is 10.4. The third kappa shape index (κ3) is 4.14. The van der Waals surface area contributed by atoms with Crippen LogP contribution in [0.2, 0.25) is 0 Å². The van der Waals surface area contributed by atoms with Gasteiger partial charge in [0.05, 0.1) is 29.1 Å². The minimum absolute atomic E-state index is 0.206. The first kappa shape index (κ1) is 13.6. The summed E-state index contributed by atoms with van der Waals surface area (Å²) in [5.41, 5.74) is 0. The Kier molecular flexibility index (Phi) is 5.08. The van der Waals surface area contributed by atoms with Crippen LogP contribution in [0, 0.1) is 0 Å². The lowest BCUT2D eigenvalue weighted by molar-refractivity contribution is -0.114. The number of rotatable bonds is 5. The molecular formula is C10H14N2O4S. The molecule has 1 aromatic heterocycles. The Morgan fingerprint density at radius 1 is 1.35 bits per heavy atom. The number of amides is 2. The molecule has 4 N–H and O–H groups in total. The van der Waals surface area contributed by atoms with Crippen LogP contribution in [-0.2, 0) is 4.79 Å². The average molecular weight is 258 g/mol. The van der Waals surface area contributed by atoms with Crippen LogP contribution in [0.3, 0.4) is 0 Å². The topological polar surface area (TPSA) is 98.7 Å². The van der Waals surface area contributed by atoms with Gasteiger partial charge in [-0.05, 0) is 12.1 Å². The molecule has 0 bridgehead atoms. The molecule has 94 valence electrons. The van der Waals surface area contributed by atoms with E-state index >= 15 is 0 Å². The molecule has 1 aromatic rings. The lowest BCUT2D eigenvalue weighted by Gasteiger charge is -2.11. The van der Waals surface area contributed by atoms with Gasteiger partial charge in [0.2, 0.25) is 5.91 Å². The minimum Gasteiger partial charge on any atom is -0.394 e. The highest BCUT2D eigenvalue weighted by Gasteiger charge is 2.14. The van der Waals surface area contributed by atoms with Crippen LogP contribution in [-0.4, -0.2) is 41.3 Å². The van der Waals surface area contributed by atoms with Gasteiger partial charge < -0.3 is 20.8 Å². The van der Waals surface area contributed by atoms with Gasteiger partial charge in [0.15, 0.2) is 0 Å². The van der Waals surface area contributed by atoms with Crippen LogP contribution in [0.4, 0.5) is 5.00 Å². The van der Waals surface area contributed by atoms with Gasteiger partial charge in [0.25, 0.3) is 5.91 Å². The van der Waals surface area contributed by atoms with Crippen LogP contribution in [0.25, 0.3) is 0 Å². The maximum absolute atomic E-state index is 11.6. The summed E-state index contributed by atoms with van der Waals surface area (Å²) in [6, 6.07) is 2.51. The van der Waals surface area contributed by atoms with Crippen molar-refractivity contribution in [3.63, 3.8) is 0 Å². The molecule has 1 heterocycles. The Balaban J connectivity index is 2.63. The molecule has 17 heavy (non-hydrogen) atoms. The zero-order valence-electron chi connectivity index (χ0n) is 9.27. The number of hydrogen-bond acceptors (Lipinski definition) is 5. The first-order valence-electron chi connectivity index (χ1n) is 4.96. The predicted octanol–water partition coefficient (Wildman–Crippen LogP) is -0.211. The largest absolute Gasteiger partial charge is 0.394 e. The fourth-order valence-electron chi connectivity index (χ4n) is 1.11. The van der Waals surface area contributed by atoms with E-state index in [1.54, 1.807) is 12.1 Å². The zero-order chi connectivity index (χ0) is 12.8. The molecule has 0 spiro atoms. The summed E-state index contributed by atoms with van der Waals surface area (Å²) < 4.78 is 0. The summed E-state index contributed by atoms with van der Waals surface area (Å²) in [6.07, 6.45) is 0. The summed E-state index contributed by atoms with van der Waals surface area (Å²) >= 11 is 1.13. The number of aliphatic hydroxyl groups is 2. The number of anilines is 1. The van der Waals surface area contributed by atoms with Crippen LogP contribution >= 0.6 is 11.3 Å². The first-order chi connectivity index (χ1) is 8.06. The molecule has 1 rings (SSSR count). The Morgan fingerprint density at radius 2 is 2.00 bits per heavy atom. The molecule has 6 nitrogen and oxygen atoms in total. The van der Waals surface area contributed by atoms with Crippen molar-refractivity contribution >= 4 is 28.2 Å². The highest BCUT2D eigenvalue weighted by molar-refractivity contribution is 7.18. The van der Waals surface area contributed by atoms with E-state index in [0.29, 0.717) is 9.88 Å². The van der Waals surface area contributed by atoms with Gasteiger partial charge in [0.1, 0.15) is 0 Å². The number of hydrogen-bond donors (Lipinski definition) is 4. The Hall–Kier alpha value is -1.44. The minimum atomic E-state index is -0.672. The molecule has 0 aromatic carbocycles. The van der Waals surface area contributed by atoms with Gasteiger partial charge in [-0.1, -0.05) is 0 Å². The quantitative estimate of drug-likeness (QED) is 0.587. The molecule has 0 unspecified atom stereocenters. The molecule has 0 aliphatic rings. The van der Waals surface area contributed by atoms with E-state index in [0.717, 1.165) is 11.3 Å². The monoisotopic (exact) mass is 258 g/mol. The molecular weight excluding hydrogens is 244 g/mol. The fraction of sp³-hybridized carbons (Fsp3) is 0.400. The molecule has 0 saturated carbocycles. The smallest absolute Gasteiger partial charge is 0.261 e. The number of aliphatic hydroxyl groups excluding tert-OH is 2. The Bertz CT molecular complexity index is 401. The second-order valence-corrected chi connectivity index (χ2v) is 4.46. The highest BCUT2D eigenvalue weighted by Crippen LogP contribution is 2.21. The third-order valence-corrected chi connectivity index (χ3v) is 2.90. The molecule has 0 aliphatic carbocycles.